The number of methoxy groups -OCH3 is 1. The Labute approximate surface area is 162 Å². The van der Waals surface area contributed by atoms with Crippen molar-refractivity contribution in [2.45, 2.75) is 19.9 Å². The molecule has 0 N–H and O–H groups in total. The van der Waals surface area contributed by atoms with Crippen molar-refractivity contribution in [1.82, 2.24) is 0 Å². The topological polar surface area (TPSA) is 79.3 Å². The van der Waals surface area contributed by atoms with E-state index < -0.39 is 23.8 Å². The van der Waals surface area contributed by atoms with Crippen molar-refractivity contribution in [2.75, 3.05) is 17.0 Å². The van der Waals surface area contributed by atoms with E-state index in [0.29, 0.717) is 17.1 Å². The number of aryl methyl sites for hydroxylation is 1. The summed E-state index contributed by atoms with van der Waals surface area (Å²) in [6.45, 7) is 3.32. The van der Waals surface area contributed by atoms with E-state index in [0.717, 1.165) is 10.5 Å². The van der Waals surface area contributed by atoms with Crippen LogP contribution in [0.4, 0.5) is 11.4 Å². The summed E-state index contributed by atoms with van der Waals surface area (Å²) in [5.41, 5.74) is 2.27. The second-order valence-corrected chi connectivity index (χ2v) is 6.85. The quantitative estimate of drug-likeness (QED) is 0.764. The van der Waals surface area contributed by atoms with Crippen LogP contribution in [0.25, 0.3) is 0 Å². The molecule has 28 heavy (non-hydrogen) atoms. The molecule has 0 saturated carbocycles. The molecule has 0 unspecified atom stereocenters. The van der Waals surface area contributed by atoms with Gasteiger partial charge in [-0.05, 0) is 43.3 Å². The summed E-state index contributed by atoms with van der Waals surface area (Å²) in [5, 5.41) is 5.83. The van der Waals surface area contributed by atoms with Gasteiger partial charge in [0.2, 0.25) is 5.91 Å². The molecule has 2 aromatic rings. The largest absolute Gasteiger partial charge is 0.497 e. The number of Topliss-reactive ketones (excluding diaryl/α,β-unsaturated/α-hetero) is 1. The van der Waals surface area contributed by atoms with E-state index in [4.69, 9.17) is 4.74 Å². The van der Waals surface area contributed by atoms with Crippen molar-refractivity contribution >= 4 is 34.7 Å². The molecule has 2 aromatic carbocycles. The summed E-state index contributed by atoms with van der Waals surface area (Å²) < 4.78 is 5.13. The van der Waals surface area contributed by atoms with Gasteiger partial charge in [0.05, 0.1) is 18.5 Å². The fourth-order valence-electron chi connectivity index (χ4n) is 3.60. The first-order chi connectivity index (χ1) is 13.4. The molecule has 0 aliphatic carbocycles. The first-order valence-electron chi connectivity index (χ1n) is 8.89. The van der Waals surface area contributed by atoms with Crippen molar-refractivity contribution in [1.29, 1.82) is 0 Å². The number of rotatable bonds is 4. The van der Waals surface area contributed by atoms with E-state index in [2.05, 4.69) is 5.10 Å². The lowest BCUT2D eigenvalue weighted by molar-refractivity contribution is -0.122. The number of amides is 2. The zero-order valence-corrected chi connectivity index (χ0v) is 15.7. The Hall–Kier alpha value is -3.48. The standard InChI is InChI=1S/C21H19N3O4/c1-12-4-6-15(7-5-12)24-19-17(18(22-24)13(2)25)20(26)23(21(19)27)14-8-10-16(28-3)11-9-14/h4-11,17,19H,1-3H3/t17-,19-/m1/s1. The van der Waals surface area contributed by atoms with Crippen molar-refractivity contribution in [3.8, 4) is 5.75 Å². The average Bonchev–Trinajstić information content (AvgIpc) is 3.20. The van der Waals surface area contributed by atoms with Crippen LogP contribution in [-0.4, -0.2) is 36.5 Å². The zero-order chi connectivity index (χ0) is 20.0. The highest BCUT2D eigenvalue weighted by Crippen LogP contribution is 2.38. The fraction of sp³-hybridized carbons (Fsp3) is 0.238. The van der Waals surface area contributed by atoms with Crippen molar-refractivity contribution in [2.24, 2.45) is 11.0 Å². The number of anilines is 2. The lowest BCUT2D eigenvalue weighted by Crippen LogP contribution is -2.39. The molecule has 142 valence electrons. The van der Waals surface area contributed by atoms with Crippen molar-refractivity contribution in [3.63, 3.8) is 0 Å². The summed E-state index contributed by atoms with van der Waals surface area (Å²) in [6, 6.07) is 13.2. The van der Waals surface area contributed by atoms with Gasteiger partial charge < -0.3 is 4.74 Å². The molecule has 7 nitrogen and oxygen atoms in total. The Morgan fingerprint density at radius 3 is 2.14 bits per heavy atom. The Bertz CT molecular complexity index is 995. The van der Waals surface area contributed by atoms with Crippen LogP contribution in [0.15, 0.2) is 53.6 Å². The van der Waals surface area contributed by atoms with Gasteiger partial charge in [-0.3, -0.25) is 19.4 Å². The molecular weight excluding hydrogens is 358 g/mol. The third kappa shape index (κ3) is 2.67. The zero-order valence-electron chi connectivity index (χ0n) is 15.7. The minimum absolute atomic E-state index is 0.111. The third-order valence-corrected chi connectivity index (χ3v) is 5.04. The highest BCUT2D eigenvalue weighted by Gasteiger charge is 2.58. The minimum atomic E-state index is -0.909. The molecule has 1 saturated heterocycles. The molecule has 0 aromatic heterocycles. The van der Waals surface area contributed by atoms with Gasteiger partial charge in [0.1, 0.15) is 23.4 Å². The van der Waals surface area contributed by atoms with Crippen LogP contribution >= 0.6 is 0 Å². The second-order valence-electron chi connectivity index (χ2n) is 6.85. The number of carbonyl (C=O) groups is 3. The second kappa shape index (κ2) is 6.60. The molecule has 2 aliphatic heterocycles. The molecule has 7 heteroatoms. The van der Waals surface area contributed by atoms with Crippen molar-refractivity contribution in [3.05, 3.63) is 54.1 Å². The van der Waals surface area contributed by atoms with Crippen LogP contribution in [0, 0.1) is 12.8 Å². The summed E-state index contributed by atoms with van der Waals surface area (Å²) in [7, 11) is 1.54. The lowest BCUT2D eigenvalue weighted by atomic mass is 9.95. The van der Waals surface area contributed by atoms with Crippen LogP contribution in [-0.2, 0) is 14.4 Å². The number of ketones is 1. The van der Waals surface area contributed by atoms with Gasteiger partial charge in [-0.25, -0.2) is 4.90 Å². The summed E-state index contributed by atoms with van der Waals surface area (Å²) in [5.74, 6) is -1.45. The van der Waals surface area contributed by atoms with Crippen LogP contribution in [0.5, 0.6) is 5.75 Å². The van der Waals surface area contributed by atoms with Crippen LogP contribution in [0.2, 0.25) is 0 Å². The fourth-order valence-corrected chi connectivity index (χ4v) is 3.60. The number of nitrogens with zero attached hydrogens (tertiary/aromatic N) is 3. The molecule has 2 heterocycles. The van der Waals surface area contributed by atoms with Gasteiger partial charge in [0.15, 0.2) is 5.78 Å². The molecule has 2 atom stereocenters. The molecule has 2 amide bonds. The molecule has 0 bridgehead atoms. The van der Waals surface area contributed by atoms with E-state index >= 15 is 0 Å². The van der Waals surface area contributed by atoms with Gasteiger partial charge in [-0.2, -0.15) is 5.10 Å². The first-order valence-corrected chi connectivity index (χ1v) is 8.89. The Morgan fingerprint density at radius 2 is 1.57 bits per heavy atom. The van der Waals surface area contributed by atoms with Crippen LogP contribution in [0.1, 0.15) is 12.5 Å². The summed E-state index contributed by atoms with van der Waals surface area (Å²) >= 11 is 0. The number of hydrogen-bond donors (Lipinski definition) is 0. The Balaban J connectivity index is 1.76. The van der Waals surface area contributed by atoms with Gasteiger partial charge in [0.25, 0.3) is 5.91 Å². The maximum absolute atomic E-state index is 13.2. The number of ether oxygens (including phenoxy) is 1. The molecular formula is C21H19N3O4. The van der Waals surface area contributed by atoms with Gasteiger partial charge in [-0.15, -0.1) is 0 Å². The van der Waals surface area contributed by atoms with Crippen molar-refractivity contribution < 1.29 is 19.1 Å². The molecule has 1 fully saturated rings. The SMILES string of the molecule is COc1ccc(N2C(=O)[C@@H]3C(C(C)=O)=NN(c4ccc(C)cc4)[C@H]3C2=O)cc1. The number of imide groups is 1. The highest BCUT2D eigenvalue weighted by atomic mass is 16.5. The number of fused-ring (bicyclic) bond motifs is 1. The highest BCUT2D eigenvalue weighted by molar-refractivity contribution is 6.48. The van der Waals surface area contributed by atoms with E-state index in [1.54, 1.807) is 31.4 Å². The smallest absolute Gasteiger partial charge is 0.259 e. The number of hydrogen-bond acceptors (Lipinski definition) is 6. The third-order valence-electron chi connectivity index (χ3n) is 5.04. The number of benzene rings is 2. The monoisotopic (exact) mass is 377 g/mol. The first kappa shape index (κ1) is 17.9. The predicted octanol–water partition coefficient (Wildman–Crippen LogP) is 2.33. The van der Waals surface area contributed by atoms with E-state index in [1.807, 2.05) is 31.2 Å². The van der Waals surface area contributed by atoms with Crippen LogP contribution in [0.3, 0.4) is 0 Å². The summed E-state index contributed by atoms with van der Waals surface area (Å²) in [6.07, 6.45) is 0. The summed E-state index contributed by atoms with van der Waals surface area (Å²) in [4.78, 5) is 39.6. The molecule has 4 rings (SSSR count). The number of carbonyl (C=O) groups excluding carboxylic acids is 3. The lowest BCUT2D eigenvalue weighted by Gasteiger charge is -2.22. The average molecular weight is 377 g/mol. The van der Waals surface area contributed by atoms with Gasteiger partial charge in [-0.1, -0.05) is 17.7 Å². The maximum Gasteiger partial charge on any atom is 0.259 e. The molecule has 0 radical (unpaired) electrons. The van der Waals surface area contributed by atoms with E-state index in [1.165, 1.54) is 11.9 Å². The van der Waals surface area contributed by atoms with Gasteiger partial charge >= 0.3 is 0 Å². The van der Waals surface area contributed by atoms with Crippen LogP contribution < -0.4 is 14.6 Å². The normalized spacial score (nSPS) is 21.0. The predicted molar refractivity (Wildman–Crippen MR) is 105 cm³/mol. The van der Waals surface area contributed by atoms with E-state index in [9.17, 15) is 14.4 Å². The molecule has 2 aliphatic rings. The Kier molecular flexibility index (Phi) is 4.22. The minimum Gasteiger partial charge on any atom is -0.497 e. The Morgan fingerprint density at radius 1 is 0.964 bits per heavy atom. The number of hydrazone groups is 1. The van der Waals surface area contributed by atoms with E-state index in [-0.39, 0.29) is 11.5 Å². The maximum atomic E-state index is 13.2. The van der Waals surface area contributed by atoms with Gasteiger partial charge in [0, 0.05) is 6.92 Å². The molecule has 0 spiro atoms.